The summed E-state index contributed by atoms with van der Waals surface area (Å²) in [5, 5.41) is 9.35. The second-order valence-electron chi connectivity index (χ2n) is 13.6. The van der Waals surface area contributed by atoms with Crippen LogP contribution < -0.4 is 0 Å². The zero-order valence-corrected chi connectivity index (χ0v) is 25.7. The Labute approximate surface area is 237 Å². The summed E-state index contributed by atoms with van der Waals surface area (Å²) in [7, 11) is 5.16. The molecule has 4 aliphatic rings. The van der Waals surface area contributed by atoms with Gasteiger partial charge in [0.05, 0.1) is 24.4 Å². The van der Waals surface area contributed by atoms with E-state index in [1.54, 1.807) is 21.3 Å². The molecule has 4 saturated carbocycles. The molecule has 0 heterocycles. The molecule has 0 bridgehead atoms. The van der Waals surface area contributed by atoms with Crippen LogP contribution in [0.1, 0.15) is 85.5 Å². The van der Waals surface area contributed by atoms with E-state index in [4.69, 9.17) is 28.4 Å². The monoisotopic (exact) mass is 549 g/mol. The van der Waals surface area contributed by atoms with Gasteiger partial charge in [-0.05, 0) is 97.2 Å². The Balaban J connectivity index is 1.70. The van der Waals surface area contributed by atoms with Gasteiger partial charge in [0.2, 0.25) is 0 Å². The summed E-state index contributed by atoms with van der Waals surface area (Å²) in [4.78, 5) is 0. The summed E-state index contributed by atoms with van der Waals surface area (Å²) < 4.78 is 35.5. The van der Waals surface area contributed by atoms with Gasteiger partial charge in [0.15, 0.2) is 0 Å². The van der Waals surface area contributed by atoms with Crippen molar-refractivity contribution < 1.29 is 28.4 Å². The lowest BCUT2D eigenvalue weighted by molar-refractivity contribution is -0.239. The van der Waals surface area contributed by atoms with E-state index in [1.807, 2.05) is 0 Å². The average Bonchev–Trinajstić information content (AvgIpc) is 3.24. The van der Waals surface area contributed by atoms with E-state index < -0.39 is 0 Å². The van der Waals surface area contributed by atoms with Crippen molar-refractivity contribution in [1.82, 2.24) is 0 Å². The molecule has 224 valence electrons. The fraction of sp³-hybridized carbons (Fsp3) is 0.969. The smallest absolute Gasteiger partial charge is 0.146 e. The molecule has 0 aromatic rings. The Morgan fingerprint density at radius 2 is 1.51 bits per heavy atom. The lowest BCUT2D eigenvalue weighted by atomic mass is 9.41. The van der Waals surface area contributed by atoms with Crippen LogP contribution in [0.2, 0.25) is 0 Å². The van der Waals surface area contributed by atoms with Crippen LogP contribution >= 0.6 is 0 Å². The minimum absolute atomic E-state index is 0.152. The van der Waals surface area contributed by atoms with Gasteiger partial charge in [0, 0.05) is 27.8 Å². The molecule has 0 unspecified atom stereocenters. The predicted molar refractivity (Wildman–Crippen MR) is 149 cm³/mol. The maximum absolute atomic E-state index is 9.35. The van der Waals surface area contributed by atoms with Gasteiger partial charge in [-0.2, -0.15) is 5.26 Å². The topological polar surface area (TPSA) is 79.2 Å². The van der Waals surface area contributed by atoms with Crippen LogP contribution in [0.5, 0.6) is 0 Å². The van der Waals surface area contributed by atoms with Crippen molar-refractivity contribution in [3.8, 4) is 6.07 Å². The quantitative estimate of drug-likeness (QED) is 0.246. The third kappa shape index (κ3) is 5.81. The summed E-state index contributed by atoms with van der Waals surface area (Å²) >= 11 is 0. The number of methoxy groups -OCH3 is 3. The minimum atomic E-state index is 0.152. The van der Waals surface area contributed by atoms with E-state index in [0.717, 1.165) is 32.1 Å². The number of rotatable bonds is 13. The SMILES string of the molecule is CC[C@H]1[C@@H](OCOC)[C@@H]2[C@H](CC[C@]3(C)[C@@H]([C@H](C)CCC#N)[C@@H](OCOC)C[C@@H]23)[C@@]2(C)CC[C@@H](OCOC)C[C@@H]12. The van der Waals surface area contributed by atoms with Crippen molar-refractivity contribution >= 4 is 0 Å². The second kappa shape index (κ2) is 13.5. The molecule has 0 aromatic heterocycles. The lowest BCUT2D eigenvalue weighted by Gasteiger charge is -2.65. The van der Waals surface area contributed by atoms with E-state index in [9.17, 15) is 5.26 Å². The van der Waals surface area contributed by atoms with E-state index in [-0.39, 0.29) is 29.1 Å². The van der Waals surface area contributed by atoms with Gasteiger partial charge in [-0.1, -0.05) is 34.1 Å². The molecule has 0 radical (unpaired) electrons. The molecular weight excluding hydrogens is 494 g/mol. The number of fused-ring (bicyclic) bond motifs is 5. The van der Waals surface area contributed by atoms with Crippen LogP contribution in [-0.4, -0.2) is 60.0 Å². The highest BCUT2D eigenvalue weighted by molar-refractivity contribution is 5.15. The second-order valence-corrected chi connectivity index (χ2v) is 13.6. The highest BCUT2D eigenvalue weighted by Crippen LogP contribution is 2.70. The molecule has 0 aromatic carbocycles. The van der Waals surface area contributed by atoms with E-state index >= 15 is 0 Å². The van der Waals surface area contributed by atoms with Crippen molar-refractivity contribution in [3.63, 3.8) is 0 Å². The van der Waals surface area contributed by atoms with Crippen LogP contribution in [0.3, 0.4) is 0 Å². The van der Waals surface area contributed by atoms with Gasteiger partial charge in [-0.15, -0.1) is 0 Å². The maximum atomic E-state index is 9.35. The average molecular weight is 550 g/mol. The molecular formula is C32H55NO6. The fourth-order valence-corrected chi connectivity index (χ4v) is 10.4. The largest absolute Gasteiger partial charge is 0.359 e. The number of nitrogens with zero attached hydrogens (tertiary/aromatic N) is 1. The Kier molecular flexibility index (Phi) is 10.8. The van der Waals surface area contributed by atoms with Crippen LogP contribution in [0.25, 0.3) is 0 Å². The van der Waals surface area contributed by atoms with Crippen LogP contribution in [0, 0.1) is 63.6 Å². The van der Waals surface area contributed by atoms with Crippen LogP contribution in [-0.2, 0) is 28.4 Å². The zero-order chi connectivity index (χ0) is 28.2. The first kappa shape index (κ1) is 31.2. The molecule has 0 spiro atoms. The first-order valence-corrected chi connectivity index (χ1v) is 15.5. The van der Waals surface area contributed by atoms with Gasteiger partial charge < -0.3 is 28.4 Å². The molecule has 39 heavy (non-hydrogen) atoms. The summed E-state index contributed by atoms with van der Waals surface area (Å²) in [5.74, 6) is 3.49. The predicted octanol–water partition coefficient (Wildman–Crippen LogP) is 6.41. The molecule has 0 amide bonds. The first-order chi connectivity index (χ1) is 18.8. The van der Waals surface area contributed by atoms with E-state index in [0.29, 0.717) is 68.2 Å². The Morgan fingerprint density at radius 1 is 0.846 bits per heavy atom. The van der Waals surface area contributed by atoms with Crippen molar-refractivity contribution in [2.75, 3.05) is 41.7 Å². The minimum Gasteiger partial charge on any atom is -0.359 e. The molecule has 7 nitrogen and oxygen atoms in total. The normalized spacial score (nSPS) is 44.2. The van der Waals surface area contributed by atoms with Crippen LogP contribution in [0.4, 0.5) is 0 Å². The van der Waals surface area contributed by atoms with Gasteiger partial charge >= 0.3 is 0 Å². The molecule has 12 atom stereocenters. The molecule has 0 aliphatic heterocycles. The van der Waals surface area contributed by atoms with Crippen LogP contribution in [0.15, 0.2) is 0 Å². The third-order valence-electron chi connectivity index (χ3n) is 11.9. The summed E-state index contributed by atoms with van der Waals surface area (Å²) in [6.45, 7) is 10.9. The number of hydrogen-bond donors (Lipinski definition) is 0. The number of ether oxygens (including phenoxy) is 6. The third-order valence-corrected chi connectivity index (χ3v) is 11.9. The van der Waals surface area contributed by atoms with Crippen molar-refractivity contribution in [2.45, 2.75) is 104 Å². The van der Waals surface area contributed by atoms with E-state index in [2.05, 4.69) is 33.8 Å². The Morgan fingerprint density at radius 3 is 2.18 bits per heavy atom. The van der Waals surface area contributed by atoms with E-state index in [1.165, 1.54) is 19.3 Å². The molecule has 7 heteroatoms. The standard InChI is InChI=1S/C32H55NO6/c1-8-23-25-16-22(37-18-34-5)11-13-31(25,3)24-12-14-32(4)26(28(24)30(23)39-20-36-7)17-27(38-19-35-6)29(32)21(2)10-9-15-33/h21-30H,8-14,16-20H2,1-7H3/t21-,22-,23-,24+,25+,26+,27+,28-,29+,30-,31-,32+/m1/s1. The molecule has 4 aliphatic carbocycles. The molecule has 4 rings (SSSR count). The maximum Gasteiger partial charge on any atom is 0.146 e. The highest BCUT2D eigenvalue weighted by Gasteiger charge is 2.67. The van der Waals surface area contributed by atoms with Gasteiger partial charge in [0.25, 0.3) is 0 Å². The summed E-state index contributed by atoms with van der Waals surface area (Å²) in [6, 6.07) is 2.39. The number of nitriles is 1. The van der Waals surface area contributed by atoms with Gasteiger partial charge in [-0.3, -0.25) is 0 Å². The van der Waals surface area contributed by atoms with Crippen molar-refractivity contribution in [1.29, 1.82) is 5.26 Å². The lowest BCUT2D eigenvalue weighted by Crippen LogP contribution is -2.63. The number of hydrogen-bond acceptors (Lipinski definition) is 7. The highest BCUT2D eigenvalue weighted by atomic mass is 16.7. The zero-order valence-electron chi connectivity index (χ0n) is 25.7. The van der Waals surface area contributed by atoms with Crippen molar-refractivity contribution in [2.24, 2.45) is 52.3 Å². The molecule has 0 N–H and O–H groups in total. The van der Waals surface area contributed by atoms with Gasteiger partial charge in [0.1, 0.15) is 20.4 Å². The summed E-state index contributed by atoms with van der Waals surface area (Å²) in [5.41, 5.74) is 0.434. The Hall–Kier alpha value is -0.750. The molecule has 0 saturated heterocycles. The Bertz CT molecular complexity index is 819. The van der Waals surface area contributed by atoms with Crippen molar-refractivity contribution in [3.05, 3.63) is 0 Å². The first-order valence-electron chi connectivity index (χ1n) is 15.5. The molecule has 4 fully saturated rings. The summed E-state index contributed by atoms with van der Waals surface area (Å²) in [6.07, 6.45) is 10.1. The van der Waals surface area contributed by atoms with Gasteiger partial charge in [-0.25, -0.2) is 0 Å². The fourth-order valence-electron chi connectivity index (χ4n) is 10.4.